The predicted molar refractivity (Wildman–Crippen MR) is 153 cm³/mol. The summed E-state index contributed by atoms with van der Waals surface area (Å²) in [5.74, 6) is -0.302. The van der Waals surface area contributed by atoms with E-state index in [1.165, 1.54) is 17.0 Å². The quantitative estimate of drug-likeness (QED) is 0.334. The predicted octanol–water partition coefficient (Wildman–Crippen LogP) is 4.88. The molecule has 8 nitrogen and oxygen atoms in total. The molecule has 3 rings (SSSR count). The first-order valence-electron chi connectivity index (χ1n) is 12.7. The third-order valence-electron chi connectivity index (χ3n) is 5.91. The van der Waals surface area contributed by atoms with Gasteiger partial charge in [0.25, 0.3) is 10.0 Å². The Morgan fingerprint density at radius 3 is 2.10 bits per heavy atom. The van der Waals surface area contributed by atoms with Crippen LogP contribution in [-0.2, 0) is 26.2 Å². The van der Waals surface area contributed by atoms with Gasteiger partial charge in [-0.3, -0.25) is 13.9 Å². The van der Waals surface area contributed by atoms with Crippen LogP contribution in [0.5, 0.6) is 5.75 Å². The first-order chi connectivity index (χ1) is 18.5. The van der Waals surface area contributed by atoms with E-state index in [1.807, 2.05) is 20.8 Å². The molecule has 0 aliphatic rings. The molecule has 0 radical (unpaired) electrons. The Morgan fingerprint density at radius 1 is 0.923 bits per heavy atom. The van der Waals surface area contributed by atoms with E-state index in [-0.39, 0.29) is 23.4 Å². The van der Waals surface area contributed by atoms with Crippen molar-refractivity contribution in [2.75, 3.05) is 17.5 Å². The summed E-state index contributed by atoms with van der Waals surface area (Å²) >= 11 is 6.03. The van der Waals surface area contributed by atoms with Crippen molar-refractivity contribution >= 4 is 39.1 Å². The lowest BCUT2D eigenvalue weighted by Crippen LogP contribution is -2.52. The molecule has 3 aromatic rings. The van der Waals surface area contributed by atoms with Crippen LogP contribution in [-0.4, -0.2) is 50.4 Å². The number of carbonyl (C=O) groups excluding carboxylic acids is 2. The third-order valence-corrected chi connectivity index (χ3v) is 7.95. The fourth-order valence-corrected chi connectivity index (χ4v) is 5.46. The monoisotopic (exact) mass is 571 g/mol. The topological polar surface area (TPSA) is 96.0 Å². The molecule has 0 aromatic heterocycles. The second-order valence-corrected chi connectivity index (χ2v) is 11.5. The smallest absolute Gasteiger partial charge is 0.264 e. The largest absolute Gasteiger partial charge is 0.494 e. The zero-order valence-electron chi connectivity index (χ0n) is 22.5. The van der Waals surface area contributed by atoms with Gasteiger partial charge in [0.2, 0.25) is 11.8 Å². The SMILES string of the molecule is CCOc1ccc(N(CC(=O)N(Cc2ccc(Cl)cc2)[C@H](C)C(=O)NC(C)C)S(=O)(=O)c2ccccc2)cc1. The van der Waals surface area contributed by atoms with Gasteiger partial charge in [-0.2, -0.15) is 0 Å². The molecule has 1 N–H and O–H groups in total. The molecule has 0 spiro atoms. The average Bonchev–Trinajstić information content (AvgIpc) is 2.91. The van der Waals surface area contributed by atoms with Gasteiger partial charge in [0.05, 0.1) is 17.2 Å². The zero-order chi connectivity index (χ0) is 28.6. The number of hydrogen-bond acceptors (Lipinski definition) is 5. The summed E-state index contributed by atoms with van der Waals surface area (Å²) in [7, 11) is -4.12. The minimum atomic E-state index is -4.12. The van der Waals surface area contributed by atoms with Crippen LogP contribution in [0.4, 0.5) is 5.69 Å². The summed E-state index contributed by atoms with van der Waals surface area (Å²) in [6.45, 7) is 7.17. The number of anilines is 1. The van der Waals surface area contributed by atoms with E-state index >= 15 is 0 Å². The first-order valence-corrected chi connectivity index (χ1v) is 14.5. The van der Waals surface area contributed by atoms with Gasteiger partial charge in [0, 0.05) is 17.6 Å². The standard InChI is InChI=1S/C29H34ClN3O5S/c1-5-38-26-17-15-25(16-18-26)33(39(36,37)27-9-7-6-8-10-27)20-28(34)32(22(4)29(35)31-21(2)3)19-23-11-13-24(30)14-12-23/h6-18,21-22H,5,19-20H2,1-4H3,(H,31,35)/t22-/m1/s1. The Labute approximate surface area is 235 Å². The molecule has 39 heavy (non-hydrogen) atoms. The number of amides is 2. The molecule has 2 amide bonds. The van der Waals surface area contributed by atoms with Gasteiger partial charge in [-0.15, -0.1) is 0 Å². The first kappa shape index (κ1) is 30.0. The summed E-state index contributed by atoms with van der Waals surface area (Å²) in [5.41, 5.74) is 1.04. The molecule has 0 saturated heterocycles. The van der Waals surface area contributed by atoms with Crippen LogP contribution in [0.2, 0.25) is 5.02 Å². The van der Waals surface area contributed by atoms with E-state index in [0.29, 0.717) is 23.1 Å². The highest BCUT2D eigenvalue weighted by atomic mass is 35.5. The lowest BCUT2D eigenvalue weighted by molar-refractivity contribution is -0.139. The number of nitrogens with one attached hydrogen (secondary N) is 1. The fraction of sp³-hybridized carbons (Fsp3) is 0.310. The van der Waals surface area contributed by atoms with Crippen LogP contribution >= 0.6 is 11.6 Å². The Morgan fingerprint density at radius 2 is 1.54 bits per heavy atom. The Hall–Kier alpha value is -3.56. The lowest BCUT2D eigenvalue weighted by Gasteiger charge is -2.32. The van der Waals surface area contributed by atoms with Crippen molar-refractivity contribution in [3.05, 3.63) is 89.4 Å². The molecule has 0 saturated carbocycles. The highest BCUT2D eigenvalue weighted by Crippen LogP contribution is 2.26. The normalized spacial score (nSPS) is 12.1. The molecular formula is C29H34ClN3O5S. The van der Waals surface area contributed by atoms with E-state index in [9.17, 15) is 18.0 Å². The van der Waals surface area contributed by atoms with Crippen molar-refractivity contribution in [1.82, 2.24) is 10.2 Å². The van der Waals surface area contributed by atoms with E-state index in [0.717, 1.165) is 9.87 Å². The van der Waals surface area contributed by atoms with Crippen LogP contribution in [0, 0.1) is 0 Å². The number of sulfonamides is 1. The molecule has 10 heteroatoms. The maximum Gasteiger partial charge on any atom is 0.264 e. The minimum absolute atomic E-state index is 0.0431. The van der Waals surface area contributed by atoms with Gasteiger partial charge < -0.3 is 15.0 Å². The molecule has 0 unspecified atom stereocenters. The van der Waals surface area contributed by atoms with Gasteiger partial charge >= 0.3 is 0 Å². The number of rotatable bonds is 12. The number of ether oxygens (including phenoxy) is 1. The second-order valence-electron chi connectivity index (χ2n) is 9.24. The van der Waals surface area contributed by atoms with Crippen LogP contribution in [0.25, 0.3) is 0 Å². The molecule has 3 aromatic carbocycles. The van der Waals surface area contributed by atoms with Crippen molar-refractivity contribution in [3.8, 4) is 5.75 Å². The van der Waals surface area contributed by atoms with Crippen molar-refractivity contribution in [1.29, 1.82) is 0 Å². The summed E-state index contributed by atoms with van der Waals surface area (Å²) < 4.78 is 34.1. The van der Waals surface area contributed by atoms with Gasteiger partial charge in [0.1, 0.15) is 18.3 Å². The maximum atomic E-state index is 13.9. The van der Waals surface area contributed by atoms with E-state index in [4.69, 9.17) is 16.3 Å². The summed E-state index contributed by atoms with van der Waals surface area (Å²) in [4.78, 5) is 28.2. The Bertz CT molecular complexity index is 1350. The summed E-state index contributed by atoms with van der Waals surface area (Å²) in [6, 6.07) is 20.3. The summed E-state index contributed by atoms with van der Waals surface area (Å²) in [6.07, 6.45) is 0. The van der Waals surface area contributed by atoms with Crippen LogP contribution in [0.3, 0.4) is 0 Å². The van der Waals surface area contributed by atoms with E-state index in [2.05, 4.69) is 5.32 Å². The third kappa shape index (κ3) is 7.97. The van der Waals surface area contributed by atoms with E-state index in [1.54, 1.807) is 73.7 Å². The van der Waals surface area contributed by atoms with Gasteiger partial charge in [-0.1, -0.05) is 41.9 Å². The van der Waals surface area contributed by atoms with Crippen molar-refractivity contribution in [2.24, 2.45) is 0 Å². The van der Waals surface area contributed by atoms with Crippen LogP contribution in [0.15, 0.2) is 83.8 Å². The fourth-order valence-electron chi connectivity index (χ4n) is 3.90. The molecule has 208 valence electrons. The molecule has 0 aliphatic carbocycles. The van der Waals surface area contributed by atoms with Gasteiger partial charge in [-0.25, -0.2) is 8.42 Å². The van der Waals surface area contributed by atoms with E-state index < -0.39 is 28.5 Å². The molecule has 0 fully saturated rings. The van der Waals surface area contributed by atoms with Gasteiger partial charge in [-0.05, 0) is 81.8 Å². The molecule has 0 bridgehead atoms. The Balaban J connectivity index is 2.01. The number of halogens is 1. The van der Waals surface area contributed by atoms with Crippen LogP contribution in [0.1, 0.15) is 33.3 Å². The lowest BCUT2D eigenvalue weighted by atomic mass is 10.1. The highest BCUT2D eigenvalue weighted by Gasteiger charge is 2.32. The molecule has 0 aliphatic heterocycles. The molecular weight excluding hydrogens is 538 g/mol. The summed E-state index contributed by atoms with van der Waals surface area (Å²) in [5, 5.41) is 3.37. The number of benzene rings is 3. The average molecular weight is 572 g/mol. The van der Waals surface area contributed by atoms with Crippen molar-refractivity contribution < 1.29 is 22.7 Å². The molecule has 0 heterocycles. The second kappa shape index (κ2) is 13.5. The van der Waals surface area contributed by atoms with Gasteiger partial charge in [0.15, 0.2) is 0 Å². The maximum absolute atomic E-state index is 13.9. The zero-order valence-corrected chi connectivity index (χ0v) is 24.1. The number of hydrogen-bond donors (Lipinski definition) is 1. The Kier molecular flexibility index (Phi) is 10.4. The highest BCUT2D eigenvalue weighted by molar-refractivity contribution is 7.92. The van der Waals surface area contributed by atoms with Crippen molar-refractivity contribution in [3.63, 3.8) is 0 Å². The van der Waals surface area contributed by atoms with Crippen molar-refractivity contribution in [2.45, 2.75) is 51.2 Å². The molecule has 1 atom stereocenters. The number of carbonyl (C=O) groups is 2. The number of nitrogens with zero attached hydrogens (tertiary/aromatic N) is 2. The minimum Gasteiger partial charge on any atom is -0.494 e. The van der Waals surface area contributed by atoms with Crippen LogP contribution < -0.4 is 14.4 Å².